The first-order chi connectivity index (χ1) is 9.17. The molecule has 0 N–H and O–H groups in total. The predicted octanol–water partition coefficient (Wildman–Crippen LogP) is 0.673. The third-order valence-electron chi connectivity index (χ3n) is 4.26. The van der Waals surface area contributed by atoms with E-state index >= 15 is 0 Å². The number of carbonyl (C=O) groups excluding carboxylic acids is 1. The number of likely N-dealkylation sites (tertiary alicyclic amines) is 2. The molecule has 2 atom stereocenters. The highest BCUT2D eigenvalue weighted by molar-refractivity contribution is 5.92. The zero-order chi connectivity index (χ0) is 13.4. The van der Waals surface area contributed by atoms with Crippen LogP contribution in [0.1, 0.15) is 23.1 Å². The van der Waals surface area contributed by atoms with Crippen LogP contribution in [-0.4, -0.2) is 58.9 Å². The Morgan fingerprint density at radius 2 is 1.95 bits per heavy atom. The number of amides is 1. The summed E-state index contributed by atoms with van der Waals surface area (Å²) in [5, 5.41) is 0. The van der Waals surface area contributed by atoms with E-state index in [1.165, 1.54) is 6.33 Å². The lowest BCUT2D eigenvalue weighted by molar-refractivity contribution is 0.0769. The molecule has 0 aromatic carbocycles. The van der Waals surface area contributed by atoms with E-state index in [0.717, 1.165) is 38.3 Å². The molecule has 1 amide bonds. The van der Waals surface area contributed by atoms with Gasteiger partial charge in [-0.1, -0.05) is 6.92 Å². The lowest BCUT2D eigenvalue weighted by atomic mass is 10.0. The first-order valence-corrected chi connectivity index (χ1v) is 6.96. The second-order valence-electron chi connectivity index (χ2n) is 5.70. The van der Waals surface area contributed by atoms with Crippen molar-refractivity contribution in [2.24, 2.45) is 11.8 Å². The van der Waals surface area contributed by atoms with Gasteiger partial charge in [-0.15, -0.1) is 0 Å². The number of rotatable bonds is 2. The van der Waals surface area contributed by atoms with Crippen molar-refractivity contribution in [3.8, 4) is 0 Å². The van der Waals surface area contributed by atoms with Crippen LogP contribution in [0.2, 0.25) is 0 Å². The molecule has 19 heavy (non-hydrogen) atoms. The van der Waals surface area contributed by atoms with Gasteiger partial charge in [0.15, 0.2) is 0 Å². The summed E-state index contributed by atoms with van der Waals surface area (Å²) in [6, 6.07) is 1.82. The van der Waals surface area contributed by atoms with Crippen LogP contribution in [-0.2, 0) is 6.42 Å². The monoisotopic (exact) mass is 260 g/mol. The van der Waals surface area contributed by atoms with Crippen LogP contribution in [0.15, 0.2) is 12.4 Å². The van der Waals surface area contributed by atoms with Gasteiger partial charge in [0.05, 0.1) is 0 Å². The van der Waals surface area contributed by atoms with Gasteiger partial charge in [0.25, 0.3) is 5.91 Å². The topological polar surface area (TPSA) is 49.3 Å². The maximum atomic E-state index is 12.4. The lowest BCUT2D eigenvalue weighted by Crippen LogP contribution is -2.32. The van der Waals surface area contributed by atoms with E-state index in [9.17, 15) is 4.79 Å². The Morgan fingerprint density at radius 1 is 1.26 bits per heavy atom. The van der Waals surface area contributed by atoms with Gasteiger partial charge in [0, 0.05) is 31.9 Å². The highest BCUT2D eigenvalue weighted by Gasteiger charge is 2.40. The molecule has 0 saturated carbocycles. The van der Waals surface area contributed by atoms with Crippen molar-refractivity contribution in [3.63, 3.8) is 0 Å². The van der Waals surface area contributed by atoms with Gasteiger partial charge >= 0.3 is 0 Å². The standard InChI is InChI=1S/C14H20N4O/c1-3-12-4-13(16-9-15-12)14(19)18-7-10-5-17(2)6-11(10)8-18/h4,9-11H,3,5-8H2,1-2H3. The number of aryl methyl sites for hydroxylation is 1. The van der Waals surface area contributed by atoms with Crippen molar-refractivity contribution in [2.45, 2.75) is 13.3 Å². The summed E-state index contributed by atoms with van der Waals surface area (Å²) in [6.45, 7) is 6.00. The van der Waals surface area contributed by atoms with Crippen LogP contribution in [0.25, 0.3) is 0 Å². The molecule has 2 aliphatic rings. The molecule has 102 valence electrons. The zero-order valence-electron chi connectivity index (χ0n) is 11.5. The van der Waals surface area contributed by atoms with Crippen LogP contribution >= 0.6 is 0 Å². The summed E-state index contributed by atoms with van der Waals surface area (Å²) in [7, 11) is 2.16. The Morgan fingerprint density at radius 3 is 2.58 bits per heavy atom. The lowest BCUT2D eigenvalue weighted by Gasteiger charge is -2.19. The number of nitrogens with zero attached hydrogens (tertiary/aromatic N) is 4. The Labute approximate surface area is 113 Å². The minimum Gasteiger partial charge on any atom is -0.337 e. The molecule has 5 heteroatoms. The fourth-order valence-corrected chi connectivity index (χ4v) is 3.26. The number of carbonyl (C=O) groups is 1. The normalized spacial score (nSPS) is 26.7. The highest BCUT2D eigenvalue weighted by atomic mass is 16.2. The smallest absolute Gasteiger partial charge is 0.272 e. The van der Waals surface area contributed by atoms with Gasteiger partial charge in [0.1, 0.15) is 12.0 Å². The van der Waals surface area contributed by atoms with Gasteiger partial charge < -0.3 is 9.80 Å². The van der Waals surface area contributed by atoms with E-state index in [1.807, 2.05) is 17.9 Å². The third kappa shape index (κ3) is 2.34. The molecule has 0 bridgehead atoms. The molecular weight excluding hydrogens is 240 g/mol. The Kier molecular flexibility index (Phi) is 3.22. The zero-order valence-corrected chi connectivity index (χ0v) is 11.5. The SMILES string of the molecule is CCc1cc(C(=O)N2CC3CN(C)CC3C2)ncn1. The molecule has 5 nitrogen and oxygen atoms in total. The van der Waals surface area contributed by atoms with Crippen LogP contribution in [0.4, 0.5) is 0 Å². The molecule has 0 radical (unpaired) electrons. The van der Waals surface area contributed by atoms with Gasteiger partial charge in [-0.05, 0) is 31.4 Å². The van der Waals surface area contributed by atoms with E-state index in [4.69, 9.17) is 0 Å². The second kappa shape index (κ2) is 4.89. The molecule has 0 aliphatic carbocycles. The minimum absolute atomic E-state index is 0.0640. The molecule has 2 unspecified atom stereocenters. The fraction of sp³-hybridized carbons (Fsp3) is 0.643. The quantitative estimate of drug-likeness (QED) is 0.784. The number of hydrogen-bond donors (Lipinski definition) is 0. The molecule has 2 fully saturated rings. The first-order valence-electron chi connectivity index (χ1n) is 6.96. The van der Waals surface area contributed by atoms with E-state index in [1.54, 1.807) is 0 Å². The van der Waals surface area contributed by atoms with E-state index in [2.05, 4.69) is 21.9 Å². The van der Waals surface area contributed by atoms with Crippen LogP contribution in [0.5, 0.6) is 0 Å². The molecule has 2 aliphatic heterocycles. The molecule has 3 heterocycles. The second-order valence-corrected chi connectivity index (χ2v) is 5.70. The summed E-state index contributed by atoms with van der Waals surface area (Å²) in [5.74, 6) is 1.34. The van der Waals surface area contributed by atoms with E-state index in [0.29, 0.717) is 17.5 Å². The van der Waals surface area contributed by atoms with Crippen LogP contribution < -0.4 is 0 Å². The third-order valence-corrected chi connectivity index (χ3v) is 4.26. The average Bonchev–Trinajstić information content (AvgIpc) is 2.95. The van der Waals surface area contributed by atoms with Crippen molar-refractivity contribution in [1.82, 2.24) is 19.8 Å². The molecule has 2 saturated heterocycles. The Balaban J connectivity index is 1.72. The summed E-state index contributed by atoms with van der Waals surface area (Å²) in [5.41, 5.74) is 1.47. The summed E-state index contributed by atoms with van der Waals surface area (Å²) in [6.07, 6.45) is 2.33. The molecule has 3 rings (SSSR count). The molecular formula is C14H20N4O. The predicted molar refractivity (Wildman–Crippen MR) is 71.8 cm³/mol. The van der Waals surface area contributed by atoms with Crippen molar-refractivity contribution in [3.05, 3.63) is 23.8 Å². The maximum Gasteiger partial charge on any atom is 0.272 e. The summed E-state index contributed by atoms with van der Waals surface area (Å²) >= 11 is 0. The number of hydrogen-bond acceptors (Lipinski definition) is 4. The largest absolute Gasteiger partial charge is 0.337 e. The van der Waals surface area contributed by atoms with Crippen molar-refractivity contribution in [2.75, 3.05) is 33.2 Å². The molecule has 0 spiro atoms. The summed E-state index contributed by atoms with van der Waals surface area (Å²) < 4.78 is 0. The van der Waals surface area contributed by atoms with E-state index < -0.39 is 0 Å². The van der Waals surface area contributed by atoms with Gasteiger partial charge in [0.2, 0.25) is 0 Å². The van der Waals surface area contributed by atoms with Crippen LogP contribution in [0.3, 0.4) is 0 Å². The fourth-order valence-electron chi connectivity index (χ4n) is 3.26. The van der Waals surface area contributed by atoms with Gasteiger partial charge in [-0.3, -0.25) is 4.79 Å². The Hall–Kier alpha value is -1.49. The Bertz CT molecular complexity index is 476. The highest BCUT2D eigenvalue weighted by Crippen LogP contribution is 2.30. The van der Waals surface area contributed by atoms with Crippen molar-refractivity contribution >= 4 is 5.91 Å². The summed E-state index contributed by atoms with van der Waals surface area (Å²) in [4.78, 5) is 25.0. The van der Waals surface area contributed by atoms with E-state index in [-0.39, 0.29) is 5.91 Å². The number of aromatic nitrogens is 2. The minimum atomic E-state index is 0.0640. The van der Waals surface area contributed by atoms with Gasteiger partial charge in [-0.2, -0.15) is 0 Å². The average molecular weight is 260 g/mol. The number of fused-ring (bicyclic) bond motifs is 1. The maximum absolute atomic E-state index is 12.4. The van der Waals surface area contributed by atoms with Gasteiger partial charge in [-0.25, -0.2) is 9.97 Å². The molecule has 1 aromatic rings. The van der Waals surface area contributed by atoms with Crippen molar-refractivity contribution < 1.29 is 4.79 Å². The van der Waals surface area contributed by atoms with Crippen molar-refractivity contribution in [1.29, 1.82) is 0 Å². The molecule has 1 aromatic heterocycles. The first kappa shape index (κ1) is 12.5. The van der Waals surface area contributed by atoms with Crippen LogP contribution in [0, 0.1) is 11.8 Å².